The van der Waals surface area contributed by atoms with Gasteiger partial charge >= 0.3 is 5.97 Å². The highest BCUT2D eigenvalue weighted by Crippen LogP contribution is 2.47. The second-order valence-electron chi connectivity index (χ2n) is 10.4. The number of carboxylic acid groups (broad SMARTS) is 1. The maximum absolute atomic E-state index is 13.7. The van der Waals surface area contributed by atoms with Gasteiger partial charge in [0.1, 0.15) is 5.75 Å². The van der Waals surface area contributed by atoms with Gasteiger partial charge in [-0.15, -0.1) is 0 Å². The molecule has 1 aliphatic carbocycles. The van der Waals surface area contributed by atoms with Crippen LogP contribution in [0.3, 0.4) is 0 Å². The number of ketones is 1. The summed E-state index contributed by atoms with van der Waals surface area (Å²) in [5.74, 6) is 0.155. The van der Waals surface area contributed by atoms with E-state index in [1.807, 2.05) is 56.4 Å². The molecule has 6 nitrogen and oxygen atoms in total. The summed E-state index contributed by atoms with van der Waals surface area (Å²) < 4.78 is 7.73. The van der Waals surface area contributed by atoms with E-state index in [0.717, 1.165) is 46.3 Å². The predicted octanol–water partition coefficient (Wildman–Crippen LogP) is 6.49. The molecule has 2 aliphatic rings. The van der Waals surface area contributed by atoms with Crippen molar-refractivity contribution in [2.24, 2.45) is 0 Å². The van der Waals surface area contributed by atoms with Crippen molar-refractivity contribution in [3.8, 4) is 17.0 Å². The van der Waals surface area contributed by atoms with Crippen molar-refractivity contribution in [3.63, 3.8) is 0 Å². The zero-order valence-electron chi connectivity index (χ0n) is 22.0. The normalized spacial score (nSPS) is 16.0. The molecule has 3 aromatic rings. The van der Waals surface area contributed by atoms with Crippen LogP contribution in [0.2, 0.25) is 0 Å². The van der Waals surface area contributed by atoms with Gasteiger partial charge < -0.3 is 19.3 Å². The minimum absolute atomic E-state index is 0.0224. The van der Waals surface area contributed by atoms with Crippen molar-refractivity contribution in [3.05, 3.63) is 70.4 Å². The Morgan fingerprint density at radius 3 is 2.51 bits per heavy atom. The summed E-state index contributed by atoms with van der Waals surface area (Å²) in [7, 11) is 5.45. The zero-order valence-corrected chi connectivity index (χ0v) is 22.0. The molecule has 1 fully saturated rings. The lowest BCUT2D eigenvalue weighted by atomic mass is 9.81. The molecular formula is C31H34N2O4. The molecule has 0 unspecified atom stereocenters. The number of aromatic carboxylic acids is 1. The first kappa shape index (κ1) is 24.9. The Hall–Kier alpha value is -3.80. The largest absolute Gasteiger partial charge is 0.497 e. The van der Waals surface area contributed by atoms with Crippen LogP contribution < -0.4 is 4.74 Å². The fourth-order valence-corrected chi connectivity index (χ4v) is 6.01. The molecule has 0 saturated heterocycles. The SMILES string of the molecule is COc1ccc2c(c1)C=C(C(=O)/C(C)=C\N(C)C)Cn1c-2c(C2CCCCC2)c2ccc(C(=O)O)cc21. The molecule has 1 aromatic heterocycles. The fourth-order valence-electron chi connectivity index (χ4n) is 6.01. The molecule has 1 aliphatic heterocycles. The second kappa shape index (κ2) is 9.92. The summed E-state index contributed by atoms with van der Waals surface area (Å²) in [6.45, 7) is 2.21. The summed E-state index contributed by atoms with van der Waals surface area (Å²) >= 11 is 0. The van der Waals surface area contributed by atoms with Crippen LogP contribution in [-0.2, 0) is 11.3 Å². The molecule has 1 saturated carbocycles. The lowest BCUT2D eigenvalue weighted by Gasteiger charge is -2.24. The second-order valence-corrected chi connectivity index (χ2v) is 10.4. The van der Waals surface area contributed by atoms with Gasteiger partial charge in [0.15, 0.2) is 5.78 Å². The van der Waals surface area contributed by atoms with Gasteiger partial charge in [-0.25, -0.2) is 4.79 Å². The third-order valence-electron chi connectivity index (χ3n) is 7.64. The molecule has 1 N–H and O–H groups in total. The first-order valence-electron chi connectivity index (χ1n) is 13.0. The van der Waals surface area contributed by atoms with E-state index in [9.17, 15) is 14.7 Å². The van der Waals surface area contributed by atoms with Gasteiger partial charge in [-0.1, -0.05) is 25.3 Å². The van der Waals surface area contributed by atoms with Gasteiger partial charge in [-0.2, -0.15) is 0 Å². The average Bonchev–Trinajstić information content (AvgIpc) is 3.10. The molecule has 0 radical (unpaired) electrons. The van der Waals surface area contributed by atoms with E-state index in [-0.39, 0.29) is 11.3 Å². The maximum Gasteiger partial charge on any atom is 0.335 e. The molecule has 0 amide bonds. The quantitative estimate of drug-likeness (QED) is 0.393. The van der Waals surface area contributed by atoms with E-state index in [2.05, 4.69) is 10.6 Å². The van der Waals surface area contributed by atoms with Crippen LogP contribution in [0.15, 0.2) is 53.7 Å². The molecule has 0 bridgehead atoms. The van der Waals surface area contributed by atoms with Crippen molar-refractivity contribution >= 4 is 28.7 Å². The van der Waals surface area contributed by atoms with Crippen LogP contribution in [0, 0.1) is 0 Å². The van der Waals surface area contributed by atoms with Crippen molar-refractivity contribution in [1.82, 2.24) is 9.47 Å². The minimum atomic E-state index is -0.952. The fraction of sp³-hybridized carbons (Fsp3) is 0.355. The molecule has 0 atom stereocenters. The number of nitrogens with zero attached hydrogens (tertiary/aromatic N) is 2. The Morgan fingerprint density at radius 2 is 1.84 bits per heavy atom. The number of Topliss-reactive ketones (excluding diaryl/α,β-unsaturated/α-hetero) is 1. The smallest absolute Gasteiger partial charge is 0.335 e. The highest BCUT2D eigenvalue weighted by Gasteiger charge is 2.30. The first-order chi connectivity index (χ1) is 17.8. The third-order valence-corrected chi connectivity index (χ3v) is 7.64. The summed E-state index contributed by atoms with van der Waals surface area (Å²) in [5, 5.41) is 10.9. The summed E-state index contributed by atoms with van der Waals surface area (Å²) in [5.41, 5.74) is 6.80. The number of fused-ring (bicyclic) bond motifs is 5. The number of carbonyl (C=O) groups is 2. The third kappa shape index (κ3) is 4.57. The molecule has 5 rings (SSSR count). The Labute approximate surface area is 217 Å². The number of ether oxygens (including phenoxy) is 1. The lowest BCUT2D eigenvalue weighted by molar-refractivity contribution is -0.112. The molecule has 37 heavy (non-hydrogen) atoms. The minimum Gasteiger partial charge on any atom is -0.497 e. The number of rotatable bonds is 6. The van der Waals surface area contributed by atoms with Crippen molar-refractivity contribution in [1.29, 1.82) is 0 Å². The number of allylic oxidation sites excluding steroid dienone is 2. The summed E-state index contributed by atoms with van der Waals surface area (Å²) in [6.07, 6.45) is 9.68. The molecule has 0 spiro atoms. The van der Waals surface area contributed by atoms with E-state index in [4.69, 9.17) is 4.74 Å². The van der Waals surface area contributed by atoms with E-state index < -0.39 is 5.97 Å². The van der Waals surface area contributed by atoms with E-state index in [1.54, 1.807) is 19.2 Å². The lowest BCUT2D eigenvalue weighted by Crippen LogP contribution is -2.13. The van der Waals surface area contributed by atoms with Crippen molar-refractivity contribution in [2.75, 3.05) is 21.2 Å². The number of hydrogen-bond acceptors (Lipinski definition) is 4. The maximum atomic E-state index is 13.7. The molecule has 6 heteroatoms. The topological polar surface area (TPSA) is 71.8 Å². The van der Waals surface area contributed by atoms with Gasteiger partial charge in [0.2, 0.25) is 0 Å². The average molecular weight is 499 g/mol. The monoisotopic (exact) mass is 498 g/mol. The number of carbonyl (C=O) groups excluding carboxylic acids is 1. The number of hydrogen-bond donors (Lipinski definition) is 1. The van der Waals surface area contributed by atoms with E-state index in [1.165, 1.54) is 24.8 Å². The van der Waals surface area contributed by atoms with Gasteiger partial charge in [-0.05, 0) is 73.2 Å². The van der Waals surface area contributed by atoms with Gasteiger partial charge in [0.25, 0.3) is 0 Å². The summed E-state index contributed by atoms with van der Waals surface area (Å²) in [6, 6.07) is 11.5. The van der Waals surface area contributed by atoms with Crippen LogP contribution in [0.25, 0.3) is 28.2 Å². The number of carboxylic acids is 1. The Bertz CT molecular complexity index is 1450. The number of benzene rings is 2. The van der Waals surface area contributed by atoms with E-state index >= 15 is 0 Å². The van der Waals surface area contributed by atoms with Crippen LogP contribution >= 0.6 is 0 Å². The Balaban J connectivity index is 1.82. The molecule has 2 aromatic carbocycles. The van der Waals surface area contributed by atoms with Gasteiger partial charge in [0.05, 0.1) is 24.9 Å². The van der Waals surface area contributed by atoms with Crippen LogP contribution in [0.5, 0.6) is 5.75 Å². The predicted molar refractivity (Wildman–Crippen MR) is 147 cm³/mol. The highest BCUT2D eigenvalue weighted by molar-refractivity contribution is 6.12. The van der Waals surface area contributed by atoms with E-state index in [0.29, 0.717) is 23.6 Å². The molecule has 192 valence electrons. The van der Waals surface area contributed by atoms with Crippen LogP contribution in [0.4, 0.5) is 0 Å². The number of methoxy groups -OCH3 is 1. The van der Waals surface area contributed by atoms with Crippen molar-refractivity contribution in [2.45, 2.75) is 51.5 Å². The van der Waals surface area contributed by atoms with Gasteiger partial charge in [-0.3, -0.25) is 4.79 Å². The van der Waals surface area contributed by atoms with Crippen LogP contribution in [-0.4, -0.2) is 47.5 Å². The Morgan fingerprint density at radius 1 is 1.08 bits per heavy atom. The number of aromatic nitrogens is 1. The molecular weight excluding hydrogens is 464 g/mol. The van der Waals surface area contributed by atoms with Crippen molar-refractivity contribution < 1.29 is 19.4 Å². The zero-order chi connectivity index (χ0) is 26.3. The highest BCUT2D eigenvalue weighted by atomic mass is 16.5. The van der Waals surface area contributed by atoms with Crippen LogP contribution in [0.1, 0.15) is 66.4 Å². The molecule has 2 heterocycles. The Kier molecular flexibility index (Phi) is 6.67. The standard InChI is InChI=1S/C31H34N2O4/c1-19(17-32(2)3)30(34)23-14-22-15-24(37-4)11-13-25(22)29-28(20-8-6-5-7-9-20)26-12-10-21(31(35)36)16-27(26)33(29)18-23/h10-17,20H,5-9,18H2,1-4H3,(H,35,36)/b19-17-. The summed E-state index contributed by atoms with van der Waals surface area (Å²) in [4.78, 5) is 27.5. The van der Waals surface area contributed by atoms with Gasteiger partial charge in [0, 0.05) is 47.9 Å². The first-order valence-corrected chi connectivity index (χ1v) is 13.0.